The van der Waals surface area contributed by atoms with Gasteiger partial charge in [0.2, 0.25) is 10.0 Å². The van der Waals surface area contributed by atoms with Gasteiger partial charge in [0, 0.05) is 32.4 Å². The van der Waals surface area contributed by atoms with Gasteiger partial charge >= 0.3 is 0 Å². The summed E-state index contributed by atoms with van der Waals surface area (Å²) in [5.41, 5.74) is 2.98. The molecule has 3 heterocycles. The molecule has 5 rings (SSSR count). The van der Waals surface area contributed by atoms with Crippen molar-refractivity contribution in [1.82, 2.24) is 9.88 Å². The largest absolute Gasteiger partial charge is 0.297 e. The highest BCUT2D eigenvalue weighted by Gasteiger charge is 2.57. The van der Waals surface area contributed by atoms with Crippen LogP contribution in [0.5, 0.6) is 0 Å². The fourth-order valence-electron chi connectivity index (χ4n) is 4.61. The highest BCUT2D eigenvalue weighted by molar-refractivity contribution is 7.94. The van der Waals surface area contributed by atoms with E-state index in [4.69, 9.17) is 0 Å². The number of likely N-dealkylation sites (tertiary alicyclic amines) is 1. The molecule has 1 saturated carbocycles. The standard InChI is InChI=1S/C21H25N3O2S/c25-27(26)21(10-13-23(14-11-21)16-18-5-3-4-12-22-18)19-6-1-2-7-20(19)24(27)15-17-8-9-17/h1-7,12,17H,8-11,13-16H2. The van der Waals surface area contributed by atoms with Crippen molar-refractivity contribution in [3.8, 4) is 0 Å². The molecule has 2 aliphatic heterocycles. The van der Waals surface area contributed by atoms with Crippen LogP contribution in [0.4, 0.5) is 5.69 Å². The molecule has 1 saturated heterocycles. The number of benzene rings is 1. The number of hydrogen-bond acceptors (Lipinski definition) is 4. The van der Waals surface area contributed by atoms with Gasteiger partial charge in [0.25, 0.3) is 0 Å². The quantitative estimate of drug-likeness (QED) is 0.814. The van der Waals surface area contributed by atoms with Crippen LogP contribution >= 0.6 is 0 Å². The van der Waals surface area contributed by atoms with E-state index in [0.29, 0.717) is 25.3 Å². The lowest BCUT2D eigenvalue weighted by molar-refractivity contribution is 0.187. The molecule has 2 aromatic rings. The van der Waals surface area contributed by atoms with Gasteiger partial charge in [-0.2, -0.15) is 0 Å². The average Bonchev–Trinajstić information content (AvgIpc) is 3.49. The number of sulfonamides is 1. The number of aromatic nitrogens is 1. The number of pyridine rings is 1. The van der Waals surface area contributed by atoms with Gasteiger partial charge < -0.3 is 0 Å². The number of rotatable bonds is 4. The molecule has 142 valence electrons. The van der Waals surface area contributed by atoms with Crippen LogP contribution in [0.25, 0.3) is 0 Å². The van der Waals surface area contributed by atoms with Crippen LogP contribution in [-0.4, -0.2) is 37.9 Å². The maximum atomic E-state index is 13.7. The first-order valence-corrected chi connectivity index (χ1v) is 11.3. The van der Waals surface area contributed by atoms with Crippen LogP contribution in [0.15, 0.2) is 48.7 Å². The number of piperidine rings is 1. The zero-order chi connectivity index (χ0) is 18.5. The Labute approximate surface area is 161 Å². The van der Waals surface area contributed by atoms with Crippen molar-refractivity contribution in [2.24, 2.45) is 5.92 Å². The molecule has 2 fully saturated rings. The van der Waals surface area contributed by atoms with E-state index in [-0.39, 0.29) is 0 Å². The van der Waals surface area contributed by atoms with E-state index in [1.807, 2.05) is 48.7 Å². The van der Waals surface area contributed by atoms with Crippen LogP contribution in [0.2, 0.25) is 0 Å². The molecule has 0 radical (unpaired) electrons. The zero-order valence-corrected chi connectivity index (χ0v) is 16.2. The maximum Gasteiger partial charge on any atom is 0.245 e. The van der Waals surface area contributed by atoms with Crippen LogP contribution in [-0.2, 0) is 21.3 Å². The van der Waals surface area contributed by atoms with Crippen molar-refractivity contribution < 1.29 is 8.42 Å². The predicted molar refractivity (Wildman–Crippen MR) is 106 cm³/mol. The molecular formula is C21H25N3O2S. The fourth-order valence-corrected chi connectivity index (χ4v) is 7.00. The predicted octanol–water partition coefficient (Wildman–Crippen LogP) is 3.13. The topological polar surface area (TPSA) is 53.5 Å². The first-order valence-electron chi connectivity index (χ1n) is 9.84. The lowest BCUT2D eigenvalue weighted by Crippen LogP contribution is -2.48. The fraction of sp³-hybridized carbons (Fsp3) is 0.476. The van der Waals surface area contributed by atoms with Gasteiger partial charge in [-0.15, -0.1) is 0 Å². The van der Waals surface area contributed by atoms with E-state index in [1.54, 1.807) is 4.31 Å². The monoisotopic (exact) mass is 383 g/mol. The third-order valence-electron chi connectivity index (χ3n) is 6.34. The molecule has 1 aliphatic carbocycles. The van der Waals surface area contributed by atoms with Crippen LogP contribution in [0.1, 0.15) is 36.9 Å². The summed E-state index contributed by atoms with van der Waals surface area (Å²) in [5.74, 6) is 0.534. The van der Waals surface area contributed by atoms with Gasteiger partial charge in [-0.05, 0) is 55.4 Å². The van der Waals surface area contributed by atoms with Crippen molar-refractivity contribution in [2.75, 3.05) is 23.9 Å². The van der Waals surface area contributed by atoms with E-state index in [1.165, 1.54) is 0 Å². The Morgan fingerprint density at radius 3 is 2.48 bits per heavy atom. The van der Waals surface area contributed by atoms with Crippen LogP contribution < -0.4 is 4.31 Å². The summed E-state index contributed by atoms with van der Waals surface area (Å²) in [7, 11) is -3.37. The molecule has 3 aliphatic rings. The Hall–Kier alpha value is -1.92. The molecule has 1 aromatic carbocycles. The SMILES string of the molecule is O=S1(=O)N(CC2CC2)c2ccccc2C12CCN(Cc1ccccn1)CC2. The molecular weight excluding hydrogens is 358 g/mol. The van der Waals surface area contributed by atoms with Crippen LogP contribution in [0.3, 0.4) is 0 Å². The highest BCUT2D eigenvalue weighted by atomic mass is 32.2. The van der Waals surface area contributed by atoms with E-state index in [2.05, 4.69) is 9.88 Å². The second kappa shape index (κ2) is 6.31. The lowest BCUT2D eigenvalue weighted by Gasteiger charge is -2.39. The number of nitrogens with zero attached hydrogens (tertiary/aromatic N) is 3. The second-order valence-corrected chi connectivity index (χ2v) is 10.3. The van der Waals surface area contributed by atoms with E-state index >= 15 is 0 Å². The Kier molecular flexibility index (Phi) is 4.02. The summed E-state index contributed by atoms with van der Waals surface area (Å²) >= 11 is 0. The molecule has 0 amide bonds. The molecule has 0 unspecified atom stereocenters. The number of fused-ring (bicyclic) bond motifs is 2. The van der Waals surface area contributed by atoms with E-state index < -0.39 is 14.8 Å². The molecule has 6 heteroatoms. The first kappa shape index (κ1) is 17.2. The molecule has 0 N–H and O–H groups in total. The maximum absolute atomic E-state index is 13.7. The smallest absolute Gasteiger partial charge is 0.245 e. The third kappa shape index (κ3) is 2.77. The number of hydrogen-bond donors (Lipinski definition) is 0. The summed E-state index contributed by atoms with van der Waals surface area (Å²) in [6.07, 6.45) is 5.42. The third-order valence-corrected chi connectivity index (χ3v) is 8.89. The van der Waals surface area contributed by atoms with Gasteiger partial charge in [-0.25, -0.2) is 8.42 Å². The zero-order valence-electron chi connectivity index (χ0n) is 15.4. The normalized spacial score (nSPS) is 23.5. The van der Waals surface area contributed by atoms with Crippen LogP contribution in [0, 0.1) is 5.92 Å². The number of para-hydroxylation sites is 1. The van der Waals surface area contributed by atoms with Crippen molar-refractivity contribution in [3.63, 3.8) is 0 Å². The van der Waals surface area contributed by atoms with E-state index in [9.17, 15) is 8.42 Å². The second-order valence-electron chi connectivity index (χ2n) is 8.09. The van der Waals surface area contributed by atoms with Crippen molar-refractivity contribution in [1.29, 1.82) is 0 Å². The van der Waals surface area contributed by atoms with Gasteiger partial charge in [0.1, 0.15) is 4.75 Å². The first-order chi connectivity index (χ1) is 13.1. The van der Waals surface area contributed by atoms with Crippen molar-refractivity contribution >= 4 is 15.7 Å². The summed E-state index contributed by atoms with van der Waals surface area (Å²) in [6, 6.07) is 13.9. The van der Waals surface area contributed by atoms with Gasteiger partial charge in [-0.3, -0.25) is 14.2 Å². The Morgan fingerprint density at radius 1 is 1.04 bits per heavy atom. The highest BCUT2D eigenvalue weighted by Crippen LogP contribution is 2.53. The van der Waals surface area contributed by atoms with Gasteiger partial charge in [0.15, 0.2) is 0 Å². The number of anilines is 1. The summed E-state index contributed by atoms with van der Waals surface area (Å²) in [6.45, 7) is 2.99. The molecule has 27 heavy (non-hydrogen) atoms. The minimum absolute atomic E-state index is 0.534. The molecule has 5 nitrogen and oxygen atoms in total. The summed E-state index contributed by atoms with van der Waals surface area (Å²) in [4.78, 5) is 6.74. The van der Waals surface area contributed by atoms with Crippen molar-refractivity contribution in [3.05, 3.63) is 59.9 Å². The van der Waals surface area contributed by atoms with Gasteiger partial charge in [-0.1, -0.05) is 24.3 Å². The van der Waals surface area contributed by atoms with Crippen molar-refractivity contribution in [2.45, 2.75) is 37.0 Å². The minimum atomic E-state index is -3.37. The lowest BCUT2D eigenvalue weighted by atomic mass is 9.87. The Balaban J connectivity index is 1.42. The molecule has 0 atom stereocenters. The molecule has 0 bridgehead atoms. The Bertz CT molecular complexity index is 933. The summed E-state index contributed by atoms with van der Waals surface area (Å²) in [5, 5.41) is 0. The van der Waals surface area contributed by atoms with Gasteiger partial charge in [0.05, 0.1) is 11.4 Å². The minimum Gasteiger partial charge on any atom is -0.297 e. The van der Waals surface area contributed by atoms with E-state index in [0.717, 1.165) is 49.4 Å². The summed E-state index contributed by atoms with van der Waals surface area (Å²) < 4.78 is 28.3. The average molecular weight is 384 g/mol. The Morgan fingerprint density at radius 2 is 1.78 bits per heavy atom. The molecule has 1 aromatic heterocycles. The molecule has 1 spiro atoms.